The molecule has 13 rings (SSSR count). The SMILES string of the molecule is CC(C)Oc1ccc(N(c2ccc(OC(C)C)cc2)c2ccc3c4c(-c5ccccc5)c5c6cccc7c(N(c8ccc(OC(C)C)cc8)c8ccc(OC(C)C)cc8)ccc(c5c(-c5ccccc5)c4c4cccc2c43)c76)cc1. The van der Waals surface area contributed by atoms with Gasteiger partial charge in [-0.15, -0.1) is 0 Å². The Bertz CT molecular complexity index is 3880. The van der Waals surface area contributed by atoms with Crippen LogP contribution < -0.4 is 28.7 Å². The molecule has 6 heteroatoms. The minimum absolute atomic E-state index is 0.0639. The van der Waals surface area contributed by atoms with Gasteiger partial charge < -0.3 is 28.7 Å². The standard InChI is InChI=1S/C74H64N2O4/c1-45(2)77-55-33-25-51(26-34-55)75(52-27-35-56(36-28-52)78-46(3)4)65-43-41-63-69-59(65)21-15-23-61(69)71-67(49-17-11-9-12-18-49)74-64-42-44-66(60-22-16-24-62(70(60)64)72(74)68(73(63)71)50-19-13-10-14-20-50)76(53-29-37-57(38-30-53)79-47(5)6)54-31-39-58(40-32-54)80-48(7)8/h9-48H,1-8H3. The minimum Gasteiger partial charge on any atom is -0.491 e. The molecule has 13 aromatic rings. The van der Waals surface area contributed by atoms with Gasteiger partial charge in [0.25, 0.3) is 0 Å². The van der Waals surface area contributed by atoms with Crippen molar-refractivity contribution in [2.45, 2.75) is 79.8 Å². The van der Waals surface area contributed by atoms with E-state index in [2.05, 4.69) is 284 Å². The summed E-state index contributed by atoms with van der Waals surface area (Å²) < 4.78 is 24.6. The lowest BCUT2D eigenvalue weighted by atomic mass is 9.87. The third-order valence-electron chi connectivity index (χ3n) is 15.1. The third-order valence-corrected chi connectivity index (χ3v) is 15.1. The van der Waals surface area contributed by atoms with E-state index in [9.17, 15) is 0 Å². The number of fused-ring (bicyclic) bond motifs is 6. The molecule has 0 spiro atoms. The highest BCUT2D eigenvalue weighted by Gasteiger charge is 2.30. The lowest BCUT2D eigenvalue weighted by Gasteiger charge is -2.27. The molecule has 80 heavy (non-hydrogen) atoms. The zero-order valence-corrected chi connectivity index (χ0v) is 46.6. The van der Waals surface area contributed by atoms with Gasteiger partial charge in [-0.2, -0.15) is 0 Å². The number of hydrogen-bond donors (Lipinski definition) is 0. The lowest BCUT2D eigenvalue weighted by Crippen LogP contribution is -2.11. The van der Waals surface area contributed by atoms with Crippen LogP contribution in [0.5, 0.6) is 23.0 Å². The van der Waals surface area contributed by atoms with E-state index in [0.717, 1.165) is 57.1 Å². The quantitative estimate of drug-likeness (QED) is 0.0961. The molecule has 0 atom stereocenters. The van der Waals surface area contributed by atoms with Crippen molar-refractivity contribution in [2.24, 2.45) is 0 Å². The molecule has 0 N–H and O–H groups in total. The van der Waals surface area contributed by atoms with Crippen LogP contribution in [0.1, 0.15) is 55.4 Å². The van der Waals surface area contributed by atoms with E-state index in [1.54, 1.807) is 0 Å². The van der Waals surface area contributed by atoms with E-state index in [0.29, 0.717) is 0 Å². The Hall–Kier alpha value is -9.26. The summed E-state index contributed by atoms with van der Waals surface area (Å²) in [5.41, 5.74) is 11.1. The van der Waals surface area contributed by atoms with Crippen LogP contribution in [0.4, 0.5) is 34.1 Å². The van der Waals surface area contributed by atoms with Crippen molar-refractivity contribution in [1.82, 2.24) is 0 Å². The van der Waals surface area contributed by atoms with Crippen LogP contribution in [0.25, 0.3) is 86.9 Å². The van der Waals surface area contributed by atoms with Crippen LogP contribution >= 0.6 is 0 Å². The van der Waals surface area contributed by atoms with Crippen LogP contribution in [0.3, 0.4) is 0 Å². The second-order valence-electron chi connectivity index (χ2n) is 22.0. The van der Waals surface area contributed by atoms with Gasteiger partial charge in [0.15, 0.2) is 0 Å². The molecule has 0 saturated heterocycles. The molecule has 0 aliphatic carbocycles. The highest BCUT2D eigenvalue weighted by Crippen LogP contribution is 2.58. The van der Waals surface area contributed by atoms with Crippen LogP contribution in [0.2, 0.25) is 0 Å². The molecular formula is C74H64N2O4. The molecule has 0 amide bonds. The Kier molecular flexibility index (Phi) is 12.9. The average molecular weight is 1050 g/mol. The summed E-state index contributed by atoms with van der Waals surface area (Å²) in [6, 6.07) is 79.3. The number of benzene rings is 11. The van der Waals surface area contributed by atoms with Gasteiger partial charge in [0.1, 0.15) is 23.0 Å². The number of anilines is 6. The highest BCUT2D eigenvalue weighted by molar-refractivity contribution is 6.47. The van der Waals surface area contributed by atoms with Gasteiger partial charge in [-0.25, -0.2) is 0 Å². The molecule has 0 fully saturated rings. The summed E-state index contributed by atoms with van der Waals surface area (Å²) in [5, 5.41) is 14.7. The van der Waals surface area contributed by atoms with Gasteiger partial charge >= 0.3 is 0 Å². The van der Waals surface area contributed by atoms with E-state index in [-0.39, 0.29) is 24.4 Å². The van der Waals surface area contributed by atoms with Gasteiger partial charge in [-0.3, -0.25) is 0 Å². The molecule has 0 radical (unpaired) electrons. The first kappa shape index (κ1) is 50.3. The van der Waals surface area contributed by atoms with E-state index in [1.165, 1.54) is 86.9 Å². The summed E-state index contributed by atoms with van der Waals surface area (Å²) in [5.74, 6) is 3.35. The molecule has 0 unspecified atom stereocenters. The van der Waals surface area contributed by atoms with Gasteiger partial charge in [-0.1, -0.05) is 109 Å². The minimum atomic E-state index is 0.0639. The summed E-state index contributed by atoms with van der Waals surface area (Å²) in [7, 11) is 0. The van der Waals surface area contributed by atoms with Gasteiger partial charge in [0, 0.05) is 33.5 Å². The fraction of sp³-hybridized carbons (Fsp3) is 0.162. The Balaban J connectivity index is 1.11. The van der Waals surface area contributed by atoms with E-state index < -0.39 is 0 Å². The van der Waals surface area contributed by atoms with E-state index >= 15 is 0 Å². The third kappa shape index (κ3) is 8.85. The van der Waals surface area contributed by atoms with Crippen LogP contribution in [0.15, 0.2) is 218 Å². The molecule has 0 aromatic heterocycles. The van der Waals surface area contributed by atoms with Crippen molar-refractivity contribution in [3.05, 3.63) is 218 Å². The Labute approximate surface area is 468 Å². The Morgan fingerprint density at radius 1 is 0.237 bits per heavy atom. The predicted octanol–water partition coefficient (Wildman–Crippen LogP) is 20.9. The maximum Gasteiger partial charge on any atom is 0.119 e. The molecule has 0 aliphatic heterocycles. The first-order valence-corrected chi connectivity index (χ1v) is 28.1. The molecular weight excluding hydrogens is 981 g/mol. The first-order valence-electron chi connectivity index (χ1n) is 28.1. The average Bonchev–Trinajstić information content (AvgIpc) is 4.11. The summed E-state index contributed by atoms with van der Waals surface area (Å²) >= 11 is 0. The Morgan fingerprint density at radius 2 is 0.500 bits per heavy atom. The van der Waals surface area contributed by atoms with Crippen molar-refractivity contribution in [2.75, 3.05) is 9.80 Å². The van der Waals surface area contributed by atoms with Crippen LogP contribution in [-0.4, -0.2) is 24.4 Å². The van der Waals surface area contributed by atoms with E-state index in [1.807, 2.05) is 0 Å². The highest BCUT2D eigenvalue weighted by atomic mass is 16.5. The van der Waals surface area contributed by atoms with Crippen molar-refractivity contribution in [1.29, 1.82) is 0 Å². The van der Waals surface area contributed by atoms with Crippen molar-refractivity contribution < 1.29 is 18.9 Å². The largest absolute Gasteiger partial charge is 0.491 e. The summed E-state index contributed by atoms with van der Waals surface area (Å²) in [6.07, 6.45) is 0.256. The molecule has 0 saturated carbocycles. The second kappa shape index (κ2) is 20.5. The fourth-order valence-corrected chi connectivity index (χ4v) is 12.3. The maximum atomic E-state index is 6.16. The summed E-state index contributed by atoms with van der Waals surface area (Å²) in [6.45, 7) is 16.5. The fourth-order valence-electron chi connectivity index (χ4n) is 12.3. The number of rotatable bonds is 16. The van der Waals surface area contributed by atoms with Crippen molar-refractivity contribution in [3.63, 3.8) is 0 Å². The topological polar surface area (TPSA) is 43.4 Å². The second-order valence-corrected chi connectivity index (χ2v) is 22.0. The number of nitrogens with zero attached hydrogens (tertiary/aromatic N) is 2. The van der Waals surface area contributed by atoms with Crippen molar-refractivity contribution in [3.8, 4) is 45.3 Å². The maximum absolute atomic E-state index is 6.16. The Morgan fingerprint density at radius 3 is 0.775 bits per heavy atom. The molecule has 13 aromatic carbocycles. The zero-order chi connectivity index (χ0) is 54.8. The van der Waals surface area contributed by atoms with E-state index in [4.69, 9.17) is 18.9 Å². The number of ether oxygens (including phenoxy) is 4. The van der Waals surface area contributed by atoms with Gasteiger partial charge in [0.05, 0.1) is 35.8 Å². The van der Waals surface area contributed by atoms with Crippen LogP contribution in [-0.2, 0) is 0 Å². The smallest absolute Gasteiger partial charge is 0.119 e. The van der Waals surface area contributed by atoms with Gasteiger partial charge in [-0.05, 0) is 241 Å². The normalized spacial score (nSPS) is 11.9. The summed E-state index contributed by atoms with van der Waals surface area (Å²) in [4.78, 5) is 4.75. The number of hydrogen-bond acceptors (Lipinski definition) is 6. The zero-order valence-electron chi connectivity index (χ0n) is 46.6. The van der Waals surface area contributed by atoms with Crippen LogP contribution in [0, 0.1) is 0 Å². The van der Waals surface area contributed by atoms with Crippen molar-refractivity contribution >= 4 is 98.8 Å². The predicted molar refractivity (Wildman–Crippen MR) is 337 cm³/mol. The lowest BCUT2D eigenvalue weighted by molar-refractivity contribution is 0.242. The first-order chi connectivity index (χ1) is 39.0. The molecule has 0 aliphatic rings. The molecule has 0 heterocycles. The molecule has 0 bridgehead atoms. The monoisotopic (exact) mass is 1040 g/mol. The van der Waals surface area contributed by atoms with Gasteiger partial charge in [0.2, 0.25) is 0 Å². The molecule has 6 nitrogen and oxygen atoms in total. The molecule has 394 valence electrons.